The number of hydrogen-bond donors (Lipinski definition) is 0. The van der Waals surface area contributed by atoms with E-state index in [1.54, 1.807) is 0 Å². The van der Waals surface area contributed by atoms with Gasteiger partial charge in [-0.25, -0.2) is 0 Å². The van der Waals surface area contributed by atoms with Crippen LogP contribution in [0.5, 0.6) is 0 Å². The molecular weight excluding hydrogens is 218 g/mol. The van der Waals surface area contributed by atoms with Crippen molar-refractivity contribution in [2.24, 2.45) is 0 Å². The van der Waals surface area contributed by atoms with E-state index < -0.39 is 0 Å². The summed E-state index contributed by atoms with van der Waals surface area (Å²) in [6.45, 7) is 5.92. The fraction of sp³-hybridized carbons (Fsp3) is 0.923. The van der Waals surface area contributed by atoms with E-state index in [1.165, 1.54) is 19.3 Å². The molecule has 0 amide bonds. The normalized spacial score (nSPS) is 31.9. The Morgan fingerprint density at radius 1 is 1.29 bits per heavy atom. The van der Waals surface area contributed by atoms with E-state index in [1.807, 2.05) is 27.9 Å². The highest BCUT2D eigenvalue weighted by Gasteiger charge is 2.43. The maximum Gasteiger partial charge on any atom is 0.293 e. The van der Waals surface area contributed by atoms with Gasteiger partial charge in [-0.3, -0.25) is 9.69 Å². The van der Waals surface area contributed by atoms with Gasteiger partial charge in [0.05, 0.1) is 6.10 Å². The molecule has 2 aliphatic heterocycles. The molecule has 0 radical (unpaired) electrons. The highest BCUT2D eigenvalue weighted by molar-refractivity contribution is 5.37. The van der Waals surface area contributed by atoms with Crippen molar-refractivity contribution < 1.29 is 14.3 Å². The number of rotatable bonds is 2. The van der Waals surface area contributed by atoms with Crippen LogP contribution in [0.2, 0.25) is 0 Å². The van der Waals surface area contributed by atoms with Crippen LogP contribution in [0.15, 0.2) is 0 Å². The molecule has 2 saturated heterocycles. The number of fused-ring (bicyclic) bond motifs is 2. The van der Waals surface area contributed by atoms with Gasteiger partial charge in [0.2, 0.25) is 0 Å². The number of likely N-dealkylation sites (N-methyl/N-ethyl adjacent to an activating group) is 1. The average Bonchev–Trinajstić information content (AvgIpc) is 2.73. The number of carbonyl (C=O) groups excluding carboxylic acids is 1. The van der Waals surface area contributed by atoms with E-state index in [-0.39, 0.29) is 5.60 Å². The van der Waals surface area contributed by atoms with E-state index >= 15 is 0 Å². The molecule has 0 N–H and O–H groups in total. The van der Waals surface area contributed by atoms with Gasteiger partial charge in [0.15, 0.2) is 0 Å². The molecule has 0 aromatic heterocycles. The first-order valence-electron chi connectivity index (χ1n) is 6.25. The van der Waals surface area contributed by atoms with Gasteiger partial charge in [-0.1, -0.05) is 0 Å². The molecule has 0 aromatic rings. The van der Waals surface area contributed by atoms with Crippen molar-refractivity contribution in [3.63, 3.8) is 0 Å². The molecule has 4 nitrogen and oxygen atoms in total. The van der Waals surface area contributed by atoms with Gasteiger partial charge in [0.25, 0.3) is 6.47 Å². The van der Waals surface area contributed by atoms with E-state index in [2.05, 4.69) is 16.7 Å². The highest BCUT2D eigenvalue weighted by atomic mass is 16.5. The van der Waals surface area contributed by atoms with Crippen LogP contribution in [-0.4, -0.2) is 49.3 Å². The van der Waals surface area contributed by atoms with E-state index in [0.29, 0.717) is 12.6 Å². The van der Waals surface area contributed by atoms with Crippen molar-refractivity contribution in [3.05, 3.63) is 0 Å². The Kier molecular flexibility index (Phi) is 4.95. The second kappa shape index (κ2) is 5.83. The third kappa shape index (κ3) is 3.96. The van der Waals surface area contributed by atoms with Gasteiger partial charge >= 0.3 is 0 Å². The van der Waals surface area contributed by atoms with Crippen LogP contribution in [0.25, 0.3) is 0 Å². The van der Waals surface area contributed by atoms with Crippen molar-refractivity contribution in [2.75, 3.05) is 14.2 Å². The zero-order valence-corrected chi connectivity index (χ0v) is 11.6. The molecule has 2 bridgehead atoms. The van der Waals surface area contributed by atoms with Crippen molar-refractivity contribution in [2.45, 2.75) is 63.8 Å². The molecule has 0 saturated carbocycles. The highest BCUT2D eigenvalue weighted by Crippen LogP contribution is 2.37. The summed E-state index contributed by atoms with van der Waals surface area (Å²) < 4.78 is 9.92. The lowest BCUT2D eigenvalue weighted by Gasteiger charge is -2.19. The van der Waals surface area contributed by atoms with Gasteiger partial charge in [-0.15, -0.1) is 0 Å². The minimum atomic E-state index is -0.318. The van der Waals surface area contributed by atoms with Gasteiger partial charge in [-0.05, 0) is 47.1 Å². The fourth-order valence-corrected chi connectivity index (χ4v) is 2.60. The summed E-state index contributed by atoms with van der Waals surface area (Å²) in [6.07, 6.45) is 4.53. The number of ether oxygens (including phenoxy) is 2. The molecule has 2 fully saturated rings. The van der Waals surface area contributed by atoms with Gasteiger partial charge in [0, 0.05) is 19.2 Å². The second-order valence-electron chi connectivity index (χ2n) is 5.80. The van der Waals surface area contributed by atoms with Gasteiger partial charge < -0.3 is 9.47 Å². The van der Waals surface area contributed by atoms with Crippen LogP contribution < -0.4 is 0 Å². The smallest absolute Gasteiger partial charge is 0.293 e. The van der Waals surface area contributed by atoms with Crippen LogP contribution >= 0.6 is 0 Å². The third-order valence-electron chi connectivity index (χ3n) is 3.53. The maximum atomic E-state index is 9.60. The summed E-state index contributed by atoms with van der Waals surface area (Å²) in [4.78, 5) is 12.1. The summed E-state index contributed by atoms with van der Waals surface area (Å²) in [5, 5.41) is 0. The molecule has 0 unspecified atom stereocenters. The summed E-state index contributed by atoms with van der Waals surface area (Å²) in [7, 11) is 4.06. The molecule has 0 spiro atoms. The second-order valence-corrected chi connectivity index (χ2v) is 5.80. The Morgan fingerprint density at radius 2 is 1.94 bits per heavy atom. The number of nitrogens with zero attached hydrogens (tertiary/aromatic N) is 1. The Morgan fingerprint density at radius 3 is 2.12 bits per heavy atom. The largest absolute Gasteiger partial charge is 0.462 e. The Labute approximate surface area is 104 Å². The predicted octanol–water partition coefficient (Wildman–Crippen LogP) is 1.83. The lowest BCUT2D eigenvalue weighted by molar-refractivity contribution is -0.138. The molecular formula is C13H25NO3. The molecule has 0 aliphatic carbocycles. The first-order valence-corrected chi connectivity index (χ1v) is 6.25. The number of methoxy groups -OCH3 is 1. The molecule has 2 heterocycles. The monoisotopic (exact) mass is 243 g/mol. The van der Waals surface area contributed by atoms with Gasteiger partial charge in [0.1, 0.15) is 5.60 Å². The zero-order chi connectivity index (χ0) is 13.1. The minimum absolute atomic E-state index is 0.318. The molecule has 2 rings (SSSR count). The minimum Gasteiger partial charge on any atom is -0.462 e. The molecule has 0 aromatic carbocycles. The molecule has 17 heavy (non-hydrogen) atoms. The van der Waals surface area contributed by atoms with E-state index in [9.17, 15) is 4.79 Å². The third-order valence-corrected chi connectivity index (χ3v) is 3.53. The van der Waals surface area contributed by atoms with Crippen molar-refractivity contribution >= 4 is 6.47 Å². The summed E-state index contributed by atoms with van der Waals surface area (Å²) in [5.74, 6) is 0. The van der Waals surface area contributed by atoms with Crippen molar-refractivity contribution in [3.8, 4) is 0 Å². The number of carbonyl (C=O) groups is 1. The first kappa shape index (κ1) is 14.5. The van der Waals surface area contributed by atoms with Crippen LogP contribution in [0, 0.1) is 0 Å². The summed E-state index contributed by atoms with van der Waals surface area (Å²) >= 11 is 0. The maximum absolute atomic E-state index is 9.60. The van der Waals surface area contributed by atoms with E-state index in [4.69, 9.17) is 4.74 Å². The van der Waals surface area contributed by atoms with Gasteiger partial charge in [-0.2, -0.15) is 0 Å². The molecule has 100 valence electrons. The predicted molar refractivity (Wildman–Crippen MR) is 66.9 cm³/mol. The molecule has 2 aliphatic rings. The van der Waals surface area contributed by atoms with Crippen LogP contribution in [-0.2, 0) is 14.3 Å². The first-order chi connectivity index (χ1) is 7.89. The lowest BCUT2D eigenvalue weighted by Crippen LogP contribution is -2.29. The molecule has 3 atom stereocenters. The topological polar surface area (TPSA) is 38.8 Å². The standard InChI is InChI=1S/C8H15NO.C5H10O2/c1-9-6-3-4-7(9)8(5-6)10-2;1-5(2,3)7-4-6/h6-8H,3-5H2,1-2H3;4H,1-3H3/t6-,7+,8+;/m0./s1. The fourth-order valence-electron chi connectivity index (χ4n) is 2.60. The summed E-state index contributed by atoms with van der Waals surface area (Å²) in [5.41, 5.74) is -0.318. The van der Waals surface area contributed by atoms with Crippen LogP contribution in [0.4, 0.5) is 0 Å². The lowest BCUT2D eigenvalue weighted by atomic mass is 9.98. The summed E-state index contributed by atoms with van der Waals surface area (Å²) in [6, 6.07) is 1.56. The van der Waals surface area contributed by atoms with E-state index in [0.717, 1.165) is 12.1 Å². The molecule has 4 heteroatoms. The van der Waals surface area contributed by atoms with Crippen LogP contribution in [0.1, 0.15) is 40.0 Å². The van der Waals surface area contributed by atoms with Crippen molar-refractivity contribution in [1.29, 1.82) is 0 Å². The average molecular weight is 243 g/mol. The van der Waals surface area contributed by atoms with Crippen molar-refractivity contribution in [1.82, 2.24) is 4.90 Å². The Bertz CT molecular complexity index is 250. The Balaban J connectivity index is 0.000000185. The number of hydrogen-bond acceptors (Lipinski definition) is 4. The SMILES string of the molecule is CC(C)(C)OC=O.CO[C@@H]1C[C@@H]2CC[C@H]1N2C. The van der Waals surface area contributed by atoms with Crippen LogP contribution in [0.3, 0.4) is 0 Å². The Hall–Kier alpha value is -0.610. The quantitative estimate of drug-likeness (QED) is 0.694. The zero-order valence-electron chi connectivity index (χ0n) is 11.6.